The van der Waals surface area contributed by atoms with E-state index in [9.17, 15) is 19.5 Å². The molecular weight excluding hydrogens is 302 g/mol. The Morgan fingerprint density at radius 1 is 1.43 bits per heavy atom. The molecule has 2 aromatic heterocycles. The number of aromatic nitrogens is 3. The number of hydrogen-bond acceptors (Lipinski definition) is 5. The highest BCUT2D eigenvalue weighted by molar-refractivity contribution is 6.01. The van der Waals surface area contributed by atoms with Crippen LogP contribution in [0, 0.1) is 0 Å². The van der Waals surface area contributed by atoms with E-state index in [0.717, 1.165) is 0 Å². The molecule has 0 saturated carbocycles. The first kappa shape index (κ1) is 16.4. The van der Waals surface area contributed by atoms with Crippen molar-refractivity contribution in [3.05, 3.63) is 30.2 Å². The molecule has 0 spiro atoms. The highest BCUT2D eigenvalue weighted by Gasteiger charge is 2.28. The quantitative estimate of drug-likeness (QED) is 0.760. The maximum atomic E-state index is 12.7. The molecule has 1 unspecified atom stereocenters. The molecule has 2 N–H and O–H groups in total. The van der Waals surface area contributed by atoms with Gasteiger partial charge in [-0.2, -0.15) is 5.10 Å². The molecular formula is C14H17N5O4. The second-order valence-electron chi connectivity index (χ2n) is 4.94. The van der Waals surface area contributed by atoms with Gasteiger partial charge in [0.25, 0.3) is 5.91 Å². The van der Waals surface area contributed by atoms with Crippen LogP contribution >= 0.6 is 0 Å². The van der Waals surface area contributed by atoms with Crippen molar-refractivity contribution in [3.63, 3.8) is 0 Å². The zero-order valence-electron chi connectivity index (χ0n) is 12.8. The van der Waals surface area contributed by atoms with Crippen LogP contribution in [0.5, 0.6) is 0 Å². The van der Waals surface area contributed by atoms with Gasteiger partial charge < -0.3 is 15.3 Å². The van der Waals surface area contributed by atoms with E-state index in [0.29, 0.717) is 5.65 Å². The van der Waals surface area contributed by atoms with Crippen molar-refractivity contribution in [1.82, 2.24) is 24.8 Å². The number of carbonyl (C=O) groups excluding carboxylic acids is 2. The second-order valence-corrected chi connectivity index (χ2v) is 4.94. The van der Waals surface area contributed by atoms with Crippen molar-refractivity contribution in [2.24, 2.45) is 0 Å². The molecule has 0 aliphatic rings. The van der Waals surface area contributed by atoms with Crippen molar-refractivity contribution in [2.45, 2.75) is 19.9 Å². The van der Waals surface area contributed by atoms with Crippen molar-refractivity contribution >= 4 is 23.4 Å². The van der Waals surface area contributed by atoms with E-state index in [1.807, 2.05) is 0 Å². The molecule has 0 radical (unpaired) electrons. The van der Waals surface area contributed by atoms with Gasteiger partial charge in [-0.3, -0.25) is 9.59 Å². The monoisotopic (exact) mass is 319 g/mol. The molecule has 0 fully saturated rings. The van der Waals surface area contributed by atoms with Crippen LogP contribution in [0.4, 0.5) is 0 Å². The van der Waals surface area contributed by atoms with Gasteiger partial charge in [0.05, 0.1) is 6.20 Å². The van der Waals surface area contributed by atoms with Crippen LogP contribution in [-0.4, -0.2) is 61.5 Å². The van der Waals surface area contributed by atoms with Gasteiger partial charge in [-0.05, 0) is 13.0 Å². The van der Waals surface area contributed by atoms with Crippen molar-refractivity contribution in [2.75, 3.05) is 13.1 Å². The average Bonchev–Trinajstić information content (AvgIpc) is 2.94. The minimum absolute atomic E-state index is 0.0655. The largest absolute Gasteiger partial charge is 0.480 e. The number of aliphatic carboxylic acids is 1. The first-order valence-corrected chi connectivity index (χ1v) is 6.98. The third-order valence-corrected chi connectivity index (χ3v) is 3.32. The number of carboxylic acid groups (broad SMARTS) is 1. The molecule has 2 amide bonds. The van der Waals surface area contributed by atoms with Crippen LogP contribution in [0.3, 0.4) is 0 Å². The SMILES string of the molecule is CC(=O)NCCN(C(=O)c1cnn2cccnc12)C(C)C(=O)O. The first-order valence-electron chi connectivity index (χ1n) is 6.98. The Labute approximate surface area is 131 Å². The summed E-state index contributed by atoms with van der Waals surface area (Å²) in [7, 11) is 0. The highest BCUT2D eigenvalue weighted by atomic mass is 16.4. The normalized spacial score (nSPS) is 11.9. The molecule has 0 bridgehead atoms. The number of amides is 2. The van der Waals surface area contributed by atoms with Crippen molar-refractivity contribution < 1.29 is 19.5 Å². The molecule has 122 valence electrons. The zero-order chi connectivity index (χ0) is 17.0. The van der Waals surface area contributed by atoms with Gasteiger partial charge >= 0.3 is 5.97 Å². The van der Waals surface area contributed by atoms with E-state index in [-0.39, 0.29) is 24.6 Å². The predicted octanol–water partition coefficient (Wildman–Crippen LogP) is -0.219. The minimum atomic E-state index is -1.13. The lowest BCUT2D eigenvalue weighted by Crippen LogP contribution is -2.46. The average molecular weight is 319 g/mol. The van der Waals surface area contributed by atoms with E-state index in [1.54, 1.807) is 12.3 Å². The molecule has 2 aromatic rings. The molecule has 0 aromatic carbocycles. The van der Waals surface area contributed by atoms with E-state index in [4.69, 9.17) is 0 Å². The molecule has 0 aliphatic carbocycles. The van der Waals surface area contributed by atoms with Crippen molar-refractivity contribution in [3.8, 4) is 0 Å². The van der Waals surface area contributed by atoms with Crippen LogP contribution in [-0.2, 0) is 9.59 Å². The van der Waals surface area contributed by atoms with Crippen LogP contribution in [0.25, 0.3) is 5.65 Å². The molecule has 2 rings (SSSR count). The molecule has 0 aliphatic heterocycles. The van der Waals surface area contributed by atoms with E-state index in [1.165, 1.54) is 35.7 Å². The Hall–Kier alpha value is -2.97. The number of rotatable bonds is 6. The van der Waals surface area contributed by atoms with Gasteiger partial charge in [-0.1, -0.05) is 0 Å². The number of nitrogens with one attached hydrogen (secondary N) is 1. The second kappa shape index (κ2) is 6.86. The van der Waals surface area contributed by atoms with E-state index < -0.39 is 17.9 Å². The van der Waals surface area contributed by atoms with Gasteiger partial charge in [0.15, 0.2) is 5.65 Å². The Morgan fingerprint density at radius 3 is 2.83 bits per heavy atom. The van der Waals surface area contributed by atoms with Gasteiger partial charge in [0, 0.05) is 32.4 Å². The Balaban J connectivity index is 2.28. The number of carboxylic acids is 1. The molecule has 1 atom stereocenters. The highest BCUT2D eigenvalue weighted by Crippen LogP contribution is 2.13. The summed E-state index contributed by atoms with van der Waals surface area (Å²) in [5.41, 5.74) is 0.557. The summed E-state index contributed by atoms with van der Waals surface area (Å²) in [4.78, 5) is 40.2. The maximum absolute atomic E-state index is 12.7. The summed E-state index contributed by atoms with van der Waals surface area (Å²) in [6.45, 7) is 2.98. The summed E-state index contributed by atoms with van der Waals surface area (Å²) in [6.07, 6.45) is 4.52. The van der Waals surface area contributed by atoms with E-state index >= 15 is 0 Å². The van der Waals surface area contributed by atoms with Crippen molar-refractivity contribution in [1.29, 1.82) is 0 Å². The molecule has 23 heavy (non-hydrogen) atoms. The smallest absolute Gasteiger partial charge is 0.326 e. The van der Waals surface area contributed by atoms with Crippen LogP contribution in [0.15, 0.2) is 24.7 Å². The summed E-state index contributed by atoms with van der Waals surface area (Å²) in [6, 6.07) is 0.623. The lowest BCUT2D eigenvalue weighted by atomic mass is 10.2. The topological polar surface area (TPSA) is 117 Å². The molecule has 2 heterocycles. The van der Waals surface area contributed by atoms with Gasteiger partial charge in [0.2, 0.25) is 5.91 Å². The van der Waals surface area contributed by atoms with Crippen LogP contribution in [0.1, 0.15) is 24.2 Å². The summed E-state index contributed by atoms with van der Waals surface area (Å²) in [5, 5.41) is 15.8. The summed E-state index contributed by atoms with van der Waals surface area (Å²) >= 11 is 0. The van der Waals surface area contributed by atoms with Crippen LogP contribution in [0.2, 0.25) is 0 Å². The maximum Gasteiger partial charge on any atom is 0.326 e. The lowest BCUT2D eigenvalue weighted by Gasteiger charge is -2.26. The third-order valence-electron chi connectivity index (χ3n) is 3.32. The predicted molar refractivity (Wildman–Crippen MR) is 79.8 cm³/mol. The van der Waals surface area contributed by atoms with Gasteiger partial charge in [-0.15, -0.1) is 0 Å². The third kappa shape index (κ3) is 3.62. The number of carbonyl (C=O) groups is 3. The van der Waals surface area contributed by atoms with Gasteiger partial charge in [0.1, 0.15) is 11.6 Å². The van der Waals surface area contributed by atoms with Crippen LogP contribution < -0.4 is 5.32 Å². The van der Waals surface area contributed by atoms with Gasteiger partial charge in [-0.25, -0.2) is 14.3 Å². The minimum Gasteiger partial charge on any atom is -0.480 e. The molecule has 0 saturated heterocycles. The fourth-order valence-electron chi connectivity index (χ4n) is 2.09. The molecule has 9 heteroatoms. The zero-order valence-corrected chi connectivity index (χ0v) is 12.8. The summed E-state index contributed by atoms with van der Waals surface area (Å²) in [5.74, 6) is -1.89. The standard InChI is InChI=1S/C14H17N5O4/c1-9(14(22)23)18(7-5-15-10(2)20)13(21)11-8-17-19-6-3-4-16-12(11)19/h3-4,6,8-9H,5,7H2,1-2H3,(H,15,20)(H,22,23). The lowest BCUT2D eigenvalue weighted by molar-refractivity contribution is -0.141. The van der Waals surface area contributed by atoms with E-state index in [2.05, 4.69) is 15.4 Å². The Morgan fingerprint density at radius 2 is 2.17 bits per heavy atom. The Bertz CT molecular complexity index is 742. The fourth-order valence-corrected chi connectivity index (χ4v) is 2.09. The summed E-state index contributed by atoms with van der Waals surface area (Å²) < 4.78 is 1.44. The number of hydrogen-bond donors (Lipinski definition) is 2. The molecule has 9 nitrogen and oxygen atoms in total. The Kier molecular flexibility index (Phi) is 4.89. The number of fused-ring (bicyclic) bond motifs is 1. The fraction of sp³-hybridized carbons (Fsp3) is 0.357. The number of nitrogens with zero attached hydrogens (tertiary/aromatic N) is 4. The first-order chi connectivity index (χ1) is 10.9.